The Labute approximate surface area is 137 Å². The molecular weight excluding hydrogens is 296 g/mol. The minimum atomic E-state index is -0.800. The van der Waals surface area contributed by atoms with E-state index in [1.54, 1.807) is 6.92 Å². The lowest BCUT2D eigenvalue weighted by Gasteiger charge is -2.06. The Kier molecular flexibility index (Phi) is 9.68. The van der Waals surface area contributed by atoms with Gasteiger partial charge in [0.05, 0.1) is 13.2 Å². The van der Waals surface area contributed by atoms with E-state index >= 15 is 0 Å². The van der Waals surface area contributed by atoms with Crippen LogP contribution in [0.5, 0.6) is 0 Å². The summed E-state index contributed by atoms with van der Waals surface area (Å²) in [6.07, 6.45) is 12.0. The standard InChI is InChI=1S/C18H26O5/c1-2-22-17(20)13-8-14-23-18(21)16(19)12-7-6-11-15-9-4-3-5-10-15/h4,9-10H,2-3,5-8,11-14H2,1H3. The molecule has 0 bridgehead atoms. The summed E-state index contributed by atoms with van der Waals surface area (Å²) in [6, 6.07) is 0. The predicted molar refractivity (Wildman–Crippen MR) is 86.8 cm³/mol. The van der Waals surface area contributed by atoms with Gasteiger partial charge in [-0.25, -0.2) is 4.79 Å². The maximum Gasteiger partial charge on any atom is 0.374 e. The summed E-state index contributed by atoms with van der Waals surface area (Å²) in [5, 5.41) is 0. The van der Waals surface area contributed by atoms with E-state index in [0.717, 1.165) is 25.7 Å². The van der Waals surface area contributed by atoms with Crippen molar-refractivity contribution in [3.05, 3.63) is 23.8 Å². The van der Waals surface area contributed by atoms with Crippen molar-refractivity contribution in [1.82, 2.24) is 0 Å². The number of hydrogen-bond acceptors (Lipinski definition) is 5. The molecule has 0 spiro atoms. The molecule has 128 valence electrons. The van der Waals surface area contributed by atoms with Crippen molar-refractivity contribution in [1.29, 1.82) is 0 Å². The van der Waals surface area contributed by atoms with Crippen molar-refractivity contribution in [3.63, 3.8) is 0 Å². The maximum absolute atomic E-state index is 11.6. The van der Waals surface area contributed by atoms with Crippen LogP contribution in [0.4, 0.5) is 0 Å². The summed E-state index contributed by atoms with van der Waals surface area (Å²) in [7, 11) is 0. The van der Waals surface area contributed by atoms with Crippen LogP contribution in [0.2, 0.25) is 0 Å². The molecule has 0 aliphatic heterocycles. The van der Waals surface area contributed by atoms with E-state index in [1.165, 1.54) is 5.57 Å². The van der Waals surface area contributed by atoms with Gasteiger partial charge in [0.25, 0.3) is 0 Å². The Hall–Kier alpha value is -1.91. The molecule has 1 aliphatic carbocycles. The van der Waals surface area contributed by atoms with Gasteiger partial charge in [-0.3, -0.25) is 9.59 Å². The molecule has 23 heavy (non-hydrogen) atoms. The first-order chi connectivity index (χ1) is 11.1. The second-order valence-corrected chi connectivity index (χ2v) is 5.43. The number of allylic oxidation sites excluding steroid dienone is 4. The largest absolute Gasteiger partial charge is 0.466 e. The van der Waals surface area contributed by atoms with Gasteiger partial charge in [-0.05, 0) is 45.4 Å². The van der Waals surface area contributed by atoms with Crippen LogP contribution in [0.25, 0.3) is 0 Å². The smallest absolute Gasteiger partial charge is 0.374 e. The summed E-state index contributed by atoms with van der Waals surface area (Å²) in [5.41, 5.74) is 1.31. The highest BCUT2D eigenvalue weighted by Crippen LogP contribution is 2.16. The maximum atomic E-state index is 11.6. The Morgan fingerprint density at radius 2 is 1.87 bits per heavy atom. The van der Waals surface area contributed by atoms with E-state index in [1.807, 2.05) is 0 Å². The van der Waals surface area contributed by atoms with Crippen molar-refractivity contribution < 1.29 is 23.9 Å². The number of carbonyl (C=O) groups excluding carboxylic acids is 3. The highest BCUT2D eigenvalue weighted by molar-refractivity contribution is 6.33. The van der Waals surface area contributed by atoms with E-state index in [4.69, 9.17) is 9.47 Å². The van der Waals surface area contributed by atoms with Gasteiger partial charge in [0.15, 0.2) is 0 Å². The summed E-state index contributed by atoms with van der Waals surface area (Å²) in [6.45, 7) is 2.14. The van der Waals surface area contributed by atoms with Crippen LogP contribution >= 0.6 is 0 Å². The fourth-order valence-electron chi connectivity index (χ4n) is 2.26. The lowest BCUT2D eigenvalue weighted by molar-refractivity contribution is -0.154. The first-order valence-corrected chi connectivity index (χ1v) is 8.34. The zero-order chi connectivity index (χ0) is 16.9. The van der Waals surface area contributed by atoms with Crippen LogP contribution in [0.1, 0.15) is 58.3 Å². The van der Waals surface area contributed by atoms with Gasteiger partial charge >= 0.3 is 11.9 Å². The Balaban J connectivity index is 2.05. The van der Waals surface area contributed by atoms with E-state index in [2.05, 4.69) is 18.2 Å². The van der Waals surface area contributed by atoms with Gasteiger partial charge in [-0.2, -0.15) is 0 Å². The normalized spacial score (nSPS) is 13.3. The SMILES string of the molecule is CCOC(=O)CCCOC(=O)C(=O)CCCCC1=CCCC=C1. The van der Waals surface area contributed by atoms with Crippen LogP contribution < -0.4 is 0 Å². The Bertz CT molecular complexity index is 462. The van der Waals surface area contributed by atoms with Gasteiger partial charge in [0.1, 0.15) is 0 Å². The van der Waals surface area contributed by atoms with Crippen molar-refractivity contribution in [2.24, 2.45) is 0 Å². The van der Waals surface area contributed by atoms with E-state index in [0.29, 0.717) is 19.4 Å². The molecule has 0 saturated heterocycles. The number of ether oxygens (including phenoxy) is 2. The molecule has 5 heteroatoms. The lowest BCUT2D eigenvalue weighted by Crippen LogP contribution is -2.18. The molecular formula is C18H26O5. The molecule has 0 saturated carbocycles. The van der Waals surface area contributed by atoms with Crippen LogP contribution in [0.15, 0.2) is 23.8 Å². The van der Waals surface area contributed by atoms with Crippen molar-refractivity contribution in [3.8, 4) is 0 Å². The number of rotatable bonds is 11. The highest BCUT2D eigenvalue weighted by atomic mass is 16.5. The van der Waals surface area contributed by atoms with Crippen LogP contribution in [-0.2, 0) is 23.9 Å². The summed E-state index contributed by atoms with van der Waals surface area (Å²) < 4.78 is 9.62. The Morgan fingerprint density at radius 3 is 2.57 bits per heavy atom. The molecule has 1 aliphatic rings. The van der Waals surface area contributed by atoms with E-state index in [-0.39, 0.29) is 25.4 Å². The van der Waals surface area contributed by atoms with Crippen LogP contribution in [0, 0.1) is 0 Å². The molecule has 0 amide bonds. The van der Waals surface area contributed by atoms with Gasteiger partial charge < -0.3 is 9.47 Å². The second kappa shape index (κ2) is 11.6. The van der Waals surface area contributed by atoms with Gasteiger partial charge in [0.2, 0.25) is 5.78 Å². The fraction of sp³-hybridized carbons (Fsp3) is 0.611. The number of esters is 2. The summed E-state index contributed by atoms with van der Waals surface area (Å²) >= 11 is 0. The van der Waals surface area contributed by atoms with Crippen molar-refractivity contribution in [2.75, 3.05) is 13.2 Å². The number of Topliss-reactive ketones (excluding diaryl/α,β-unsaturated/α-hetero) is 1. The average Bonchev–Trinajstić information content (AvgIpc) is 2.56. The minimum Gasteiger partial charge on any atom is -0.466 e. The lowest BCUT2D eigenvalue weighted by atomic mass is 10.0. The van der Waals surface area contributed by atoms with Crippen LogP contribution in [0.3, 0.4) is 0 Å². The zero-order valence-corrected chi connectivity index (χ0v) is 13.8. The van der Waals surface area contributed by atoms with Gasteiger partial charge in [-0.1, -0.05) is 23.8 Å². The summed E-state index contributed by atoms with van der Waals surface area (Å²) in [5.74, 6) is -1.61. The third kappa shape index (κ3) is 8.96. The van der Waals surface area contributed by atoms with Crippen molar-refractivity contribution in [2.45, 2.75) is 58.3 Å². The molecule has 0 fully saturated rings. The molecule has 0 atom stereocenters. The summed E-state index contributed by atoms with van der Waals surface area (Å²) in [4.78, 5) is 34.2. The highest BCUT2D eigenvalue weighted by Gasteiger charge is 2.15. The van der Waals surface area contributed by atoms with Gasteiger partial charge in [0, 0.05) is 12.8 Å². The molecule has 0 aromatic heterocycles. The average molecular weight is 322 g/mol. The molecule has 0 aromatic rings. The fourth-order valence-corrected chi connectivity index (χ4v) is 2.26. The number of unbranched alkanes of at least 4 members (excludes halogenated alkanes) is 1. The molecule has 0 N–H and O–H groups in total. The quantitative estimate of drug-likeness (QED) is 0.332. The Morgan fingerprint density at radius 1 is 1.04 bits per heavy atom. The predicted octanol–water partition coefficient (Wildman–Crippen LogP) is 3.28. The molecule has 0 aromatic carbocycles. The minimum absolute atomic E-state index is 0.0705. The van der Waals surface area contributed by atoms with Gasteiger partial charge in [-0.15, -0.1) is 0 Å². The zero-order valence-electron chi connectivity index (χ0n) is 13.8. The molecule has 0 heterocycles. The monoisotopic (exact) mass is 322 g/mol. The number of ketones is 1. The first-order valence-electron chi connectivity index (χ1n) is 8.34. The molecule has 5 nitrogen and oxygen atoms in total. The third-order valence-corrected chi connectivity index (χ3v) is 3.48. The van der Waals surface area contributed by atoms with E-state index in [9.17, 15) is 14.4 Å². The second-order valence-electron chi connectivity index (χ2n) is 5.43. The van der Waals surface area contributed by atoms with Crippen molar-refractivity contribution >= 4 is 17.7 Å². The molecule has 0 unspecified atom stereocenters. The topological polar surface area (TPSA) is 69.7 Å². The first kappa shape index (κ1) is 19.1. The molecule has 1 rings (SSSR count). The number of carbonyl (C=O) groups is 3. The van der Waals surface area contributed by atoms with Crippen LogP contribution in [-0.4, -0.2) is 30.9 Å². The number of hydrogen-bond donors (Lipinski definition) is 0. The molecule has 0 radical (unpaired) electrons. The third-order valence-electron chi connectivity index (χ3n) is 3.48. The van der Waals surface area contributed by atoms with E-state index < -0.39 is 11.8 Å².